The number of hydrogen-bond acceptors (Lipinski definition) is 3. The zero-order valence-electron chi connectivity index (χ0n) is 11.8. The zero-order chi connectivity index (χ0) is 15.5. The number of carbonyl (C=O) groups excluding carboxylic acids is 1. The van der Waals surface area contributed by atoms with Gasteiger partial charge in [0.15, 0.2) is 11.5 Å². The van der Waals surface area contributed by atoms with E-state index in [0.29, 0.717) is 6.54 Å². The topological polar surface area (TPSA) is 85.4 Å². The molecule has 22 heavy (non-hydrogen) atoms. The fourth-order valence-corrected chi connectivity index (χ4v) is 2.39. The lowest BCUT2D eigenvalue weighted by molar-refractivity contribution is -0.120. The second kappa shape index (κ2) is 5.81. The molecule has 3 aromatic rings. The lowest BCUT2D eigenvalue weighted by Gasteiger charge is -2.06. The van der Waals surface area contributed by atoms with Gasteiger partial charge in [0.2, 0.25) is 5.91 Å². The minimum absolute atomic E-state index is 0.0997. The highest BCUT2D eigenvalue weighted by Gasteiger charge is 2.09. The lowest BCUT2D eigenvalue weighted by atomic mass is 10.1. The molecule has 4 N–H and O–H groups in total. The summed E-state index contributed by atoms with van der Waals surface area (Å²) in [6, 6.07) is 12.3. The number of nitrogens with one attached hydrogen (secondary N) is 2. The van der Waals surface area contributed by atoms with Gasteiger partial charge in [-0.25, -0.2) is 0 Å². The van der Waals surface area contributed by atoms with E-state index in [2.05, 4.69) is 10.3 Å². The van der Waals surface area contributed by atoms with Crippen LogP contribution in [0.2, 0.25) is 0 Å². The van der Waals surface area contributed by atoms with Gasteiger partial charge >= 0.3 is 0 Å². The second-order valence-corrected chi connectivity index (χ2v) is 5.14. The standard InChI is InChI=1S/C17H16N2O3/c20-15-6-5-11(7-16(15)21)9-19-17(22)8-12-10-18-14-4-2-1-3-13(12)14/h1-7,10,18,20-21H,8-9H2,(H,19,22). The molecule has 0 fully saturated rings. The first-order chi connectivity index (χ1) is 10.6. The molecule has 0 saturated heterocycles. The van der Waals surface area contributed by atoms with Crippen LogP contribution in [0.3, 0.4) is 0 Å². The molecule has 2 aromatic carbocycles. The van der Waals surface area contributed by atoms with Crippen LogP contribution in [0.5, 0.6) is 11.5 Å². The van der Waals surface area contributed by atoms with Gasteiger partial charge in [0.1, 0.15) is 0 Å². The highest BCUT2D eigenvalue weighted by Crippen LogP contribution is 2.24. The quantitative estimate of drug-likeness (QED) is 0.558. The maximum absolute atomic E-state index is 12.0. The molecule has 0 radical (unpaired) electrons. The van der Waals surface area contributed by atoms with Crippen LogP contribution in [0.1, 0.15) is 11.1 Å². The fraction of sp³-hybridized carbons (Fsp3) is 0.118. The number of hydrogen-bond donors (Lipinski definition) is 4. The normalized spacial score (nSPS) is 10.7. The van der Waals surface area contributed by atoms with Crippen molar-refractivity contribution in [1.29, 1.82) is 0 Å². The average molecular weight is 296 g/mol. The Kier molecular flexibility index (Phi) is 3.70. The van der Waals surface area contributed by atoms with E-state index >= 15 is 0 Å². The van der Waals surface area contributed by atoms with Gasteiger partial charge < -0.3 is 20.5 Å². The summed E-state index contributed by atoms with van der Waals surface area (Å²) in [4.78, 5) is 15.2. The van der Waals surface area contributed by atoms with Crippen molar-refractivity contribution < 1.29 is 15.0 Å². The van der Waals surface area contributed by atoms with Gasteiger partial charge in [-0.1, -0.05) is 24.3 Å². The van der Waals surface area contributed by atoms with E-state index in [0.717, 1.165) is 22.0 Å². The molecule has 1 amide bonds. The minimum Gasteiger partial charge on any atom is -0.504 e. The Bertz CT molecular complexity index is 824. The molecule has 0 unspecified atom stereocenters. The van der Waals surface area contributed by atoms with Crippen LogP contribution in [0, 0.1) is 0 Å². The Morgan fingerprint density at radius 1 is 1.09 bits per heavy atom. The molecule has 3 rings (SSSR count). The predicted octanol–water partition coefficient (Wildman–Crippen LogP) is 2.44. The van der Waals surface area contributed by atoms with Crippen LogP contribution < -0.4 is 5.32 Å². The highest BCUT2D eigenvalue weighted by atomic mass is 16.3. The number of aromatic amines is 1. The lowest BCUT2D eigenvalue weighted by Crippen LogP contribution is -2.24. The molecular weight excluding hydrogens is 280 g/mol. The predicted molar refractivity (Wildman–Crippen MR) is 83.6 cm³/mol. The molecule has 1 aromatic heterocycles. The van der Waals surface area contributed by atoms with Crippen LogP contribution in [0.25, 0.3) is 10.9 Å². The summed E-state index contributed by atoms with van der Waals surface area (Å²) >= 11 is 0. The number of amides is 1. The SMILES string of the molecule is O=C(Cc1c[nH]c2ccccc12)NCc1ccc(O)c(O)c1. The number of carbonyl (C=O) groups is 1. The second-order valence-electron chi connectivity index (χ2n) is 5.14. The molecule has 5 heteroatoms. The number of phenols is 2. The molecule has 0 bridgehead atoms. The third-order valence-corrected chi connectivity index (χ3v) is 3.56. The Labute approximate surface area is 127 Å². The van der Waals surface area contributed by atoms with Crippen molar-refractivity contribution in [3.8, 4) is 11.5 Å². The minimum atomic E-state index is -0.191. The van der Waals surface area contributed by atoms with Crippen LogP contribution >= 0.6 is 0 Å². The summed E-state index contributed by atoms with van der Waals surface area (Å²) in [7, 11) is 0. The molecule has 0 aliphatic rings. The number of fused-ring (bicyclic) bond motifs is 1. The summed E-state index contributed by atoms with van der Waals surface area (Å²) in [6.45, 7) is 0.301. The molecule has 0 aliphatic heterocycles. The van der Waals surface area contributed by atoms with Crippen molar-refractivity contribution in [3.63, 3.8) is 0 Å². The molecule has 5 nitrogen and oxygen atoms in total. The number of H-pyrrole nitrogens is 1. The third-order valence-electron chi connectivity index (χ3n) is 3.56. The summed E-state index contributed by atoms with van der Waals surface area (Å²) in [5.74, 6) is -0.463. The molecular formula is C17H16N2O3. The van der Waals surface area contributed by atoms with Gasteiger partial charge in [-0.15, -0.1) is 0 Å². The van der Waals surface area contributed by atoms with Crippen LogP contribution in [-0.4, -0.2) is 21.1 Å². The average Bonchev–Trinajstić information content (AvgIpc) is 2.92. The van der Waals surface area contributed by atoms with Crippen molar-refractivity contribution >= 4 is 16.8 Å². The molecule has 0 spiro atoms. The summed E-state index contributed by atoms with van der Waals surface area (Å²) in [6.07, 6.45) is 2.13. The van der Waals surface area contributed by atoms with Gasteiger partial charge in [-0.3, -0.25) is 4.79 Å². The maximum Gasteiger partial charge on any atom is 0.224 e. The van der Waals surface area contributed by atoms with E-state index in [1.54, 1.807) is 6.07 Å². The van der Waals surface area contributed by atoms with Crippen LogP contribution in [0.15, 0.2) is 48.7 Å². The van der Waals surface area contributed by atoms with E-state index in [4.69, 9.17) is 0 Å². The van der Waals surface area contributed by atoms with Crippen LogP contribution in [-0.2, 0) is 17.8 Å². The fourth-order valence-electron chi connectivity index (χ4n) is 2.39. The van der Waals surface area contributed by atoms with Gasteiger partial charge in [0, 0.05) is 23.6 Å². The maximum atomic E-state index is 12.0. The monoisotopic (exact) mass is 296 g/mol. The van der Waals surface area contributed by atoms with E-state index < -0.39 is 0 Å². The Balaban J connectivity index is 1.64. The highest BCUT2D eigenvalue weighted by molar-refractivity contribution is 5.88. The van der Waals surface area contributed by atoms with Crippen molar-refractivity contribution in [2.24, 2.45) is 0 Å². The number of rotatable bonds is 4. The van der Waals surface area contributed by atoms with Gasteiger partial charge in [0.05, 0.1) is 6.42 Å². The van der Waals surface area contributed by atoms with E-state index in [9.17, 15) is 15.0 Å². The first-order valence-corrected chi connectivity index (χ1v) is 6.96. The van der Waals surface area contributed by atoms with Crippen molar-refractivity contribution in [1.82, 2.24) is 10.3 Å². The zero-order valence-corrected chi connectivity index (χ0v) is 11.8. The van der Waals surface area contributed by atoms with Gasteiger partial charge in [0.25, 0.3) is 0 Å². The van der Waals surface area contributed by atoms with E-state index in [1.807, 2.05) is 30.5 Å². The number of aromatic nitrogens is 1. The van der Waals surface area contributed by atoms with Crippen molar-refractivity contribution in [2.45, 2.75) is 13.0 Å². The number of phenolic OH excluding ortho intramolecular Hbond substituents is 2. The summed E-state index contributed by atoms with van der Waals surface area (Å²) in [5, 5.41) is 22.5. The van der Waals surface area contributed by atoms with Gasteiger partial charge in [-0.05, 0) is 29.3 Å². The third kappa shape index (κ3) is 2.88. The number of aromatic hydroxyl groups is 2. The number of para-hydroxylation sites is 1. The Morgan fingerprint density at radius 2 is 1.91 bits per heavy atom. The molecule has 112 valence electrons. The number of benzene rings is 2. The van der Waals surface area contributed by atoms with E-state index in [1.165, 1.54) is 12.1 Å². The molecule has 0 aliphatic carbocycles. The smallest absolute Gasteiger partial charge is 0.224 e. The Hall–Kier alpha value is -2.95. The van der Waals surface area contributed by atoms with Crippen molar-refractivity contribution in [3.05, 3.63) is 59.8 Å². The first-order valence-electron chi connectivity index (χ1n) is 6.96. The van der Waals surface area contributed by atoms with E-state index in [-0.39, 0.29) is 23.8 Å². The molecule has 0 saturated carbocycles. The summed E-state index contributed by atoms with van der Waals surface area (Å²) < 4.78 is 0. The largest absolute Gasteiger partial charge is 0.504 e. The van der Waals surface area contributed by atoms with Gasteiger partial charge in [-0.2, -0.15) is 0 Å². The molecule has 1 heterocycles. The first kappa shape index (κ1) is 14.0. The van der Waals surface area contributed by atoms with Crippen LogP contribution in [0.4, 0.5) is 0 Å². The summed E-state index contributed by atoms with van der Waals surface area (Å²) in [5.41, 5.74) is 2.68. The van der Waals surface area contributed by atoms with Crippen molar-refractivity contribution in [2.75, 3.05) is 0 Å². The molecule has 0 atom stereocenters. The Morgan fingerprint density at radius 3 is 2.73 bits per heavy atom.